The van der Waals surface area contributed by atoms with E-state index in [0.29, 0.717) is 26.2 Å². The molecule has 3 aliphatic rings. The lowest BCUT2D eigenvalue weighted by molar-refractivity contribution is -0.162. The van der Waals surface area contributed by atoms with Crippen LogP contribution in [0.1, 0.15) is 5.56 Å². The van der Waals surface area contributed by atoms with E-state index in [1.807, 2.05) is 42.1 Å². The zero-order valence-electron chi connectivity index (χ0n) is 13.3. The van der Waals surface area contributed by atoms with Crippen molar-refractivity contribution in [1.29, 1.82) is 0 Å². The van der Waals surface area contributed by atoms with Crippen LogP contribution >= 0.6 is 11.8 Å². The predicted octanol–water partition coefficient (Wildman–Crippen LogP) is 0.714. The van der Waals surface area contributed by atoms with Crippen LogP contribution in [0.25, 0.3) is 0 Å². The summed E-state index contributed by atoms with van der Waals surface area (Å²) in [4.78, 5) is 28.9. The van der Waals surface area contributed by atoms with Gasteiger partial charge in [-0.05, 0) is 5.56 Å². The lowest BCUT2D eigenvalue weighted by atomic mass is 10.1. The van der Waals surface area contributed by atoms with Crippen molar-refractivity contribution in [2.75, 3.05) is 31.1 Å². The van der Waals surface area contributed by atoms with Crippen LogP contribution in [0.2, 0.25) is 0 Å². The Hall–Kier alpha value is -1.57. The van der Waals surface area contributed by atoms with Gasteiger partial charge in [0.2, 0.25) is 0 Å². The normalized spacial score (nSPS) is 29.8. The minimum atomic E-state index is -0.811. The topological polar surface area (TPSA) is 59.1 Å². The molecule has 4 rings (SSSR count). The van der Waals surface area contributed by atoms with E-state index in [1.165, 1.54) is 0 Å². The summed E-state index contributed by atoms with van der Waals surface area (Å²) in [7, 11) is 0. The maximum Gasteiger partial charge on any atom is 0.255 e. The number of thioether (sulfide) groups is 1. The average molecular weight is 348 g/mol. The monoisotopic (exact) mass is 348 g/mol. The number of hydrogen-bond acceptors (Lipinski definition) is 5. The molecule has 3 fully saturated rings. The predicted molar refractivity (Wildman–Crippen MR) is 89.3 cm³/mol. The zero-order valence-corrected chi connectivity index (χ0v) is 14.1. The van der Waals surface area contributed by atoms with Crippen molar-refractivity contribution >= 4 is 23.6 Å². The molecule has 1 aromatic carbocycles. The third-order valence-electron chi connectivity index (χ3n) is 4.58. The molecular weight excluding hydrogens is 328 g/mol. The molecule has 2 bridgehead atoms. The first-order chi connectivity index (χ1) is 11.7. The first-order valence-corrected chi connectivity index (χ1v) is 9.38. The number of morpholine rings is 1. The molecule has 0 N–H and O–H groups in total. The summed E-state index contributed by atoms with van der Waals surface area (Å²) in [6.45, 7) is 2.30. The number of carbonyl (C=O) groups excluding carboxylic acids is 2. The molecule has 24 heavy (non-hydrogen) atoms. The van der Waals surface area contributed by atoms with E-state index in [1.54, 1.807) is 9.80 Å². The van der Waals surface area contributed by atoms with Crippen LogP contribution in [0, 0.1) is 0 Å². The molecule has 3 aliphatic heterocycles. The van der Waals surface area contributed by atoms with Gasteiger partial charge in [0.05, 0.1) is 6.54 Å². The quantitative estimate of drug-likeness (QED) is 0.805. The Labute approximate surface area is 145 Å². The van der Waals surface area contributed by atoms with E-state index in [9.17, 15) is 9.59 Å². The fraction of sp³-hybridized carbons (Fsp3) is 0.529. The van der Waals surface area contributed by atoms with Crippen LogP contribution in [-0.2, 0) is 25.6 Å². The Morgan fingerprint density at radius 3 is 2.67 bits per heavy atom. The summed E-state index contributed by atoms with van der Waals surface area (Å²) in [6, 6.07) is 9.82. The number of hydrogen-bond donors (Lipinski definition) is 0. The van der Waals surface area contributed by atoms with E-state index in [-0.39, 0.29) is 11.8 Å². The Kier molecular flexibility index (Phi) is 4.47. The minimum absolute atomic E-state index is 0.113. The average Bonchev–Trinajstić information content (AvgIpc) is 3.00. The summed E-state index contributed by atoms with van der Waals surface area (Å²) < 4.78 is 11.4. The summed E-state index contributed by atoms with van der Waals surface area (Å²) in [6.07, 6.45) is -2.12. The smallest absolute Gasteiger partial charge is 0.255 e. The Morgan fingerprint density at radius 2 is 1.92 bits per heavy atom. The van der Waals surface area contributed by atoms with Crippen molar-refractivity contribution in [2.45, 2.75) is 25.0 Å². The first kappa shape index (κ1) is 15.9. The second-order valence-corrected chi connectivity index (χ2v) is 7.41. The van der Waals surface area contributed by atoms with Crippen LogP contribution in [0.15, 0.2) is 30.3 Å². The number of carbonyl (C=O) groups is 2. The van der Waals surface area contributed by atoms with Crippen molar-refractivity contribution in [3.05, 3.63) is 35.9 Å². The maximum atomic E-state index is 12.7. The maximum absolute atomic E-state index is 12.7. The minimum Gasteiger partial charge on any atom is -0.339 e. The summed E-state index contributed by atoms with van der Waals surface area (Å²) in [5, 5.41) is 0. The van der Waals surface area contributed by atoms with Gasteiger partial charge in [0, 0.05) is 31.1 Å². The number of ether oxygens (including phenoxy) is 2. The van der Waals surface area contributed by atoms with E-state index in [2.05, 4.69) is 0 Å². The number of rotatable bonds is 3. The molecule has 0 aromatic heterocycles. The third kappa shape index (κ3) is 3.03. The van der Waals surface area contributed by atoms with E-state index in [4.69, 9.17) is 9.47 Å². The molecule has 1 aromatic rings. The van der Waals surface area contributed by atoms with Crippen molar-refractivity contribution in [3.63, 3.8) is 0 Å². The molecular formula is C17H20N2O4S. The zero-order chi connectivity index (χ0) is 16.5. The van der Waals surface area contributed by atoms with Gasteiger partial charge >= 0.3 is 0 Å². The highest BCUT2D eigenvalue weighted by atomic mass is 32.2. The fourth-order valence-electron chi connectivity index (χ4n) is 3.32. The molecule has 0 aliphatic carbocycles. The summed E-state index contributed by atoms with van der Waals surface area (Å²) in [5.74, 6) is 1.60. The fourth-order valence-corrected chi connectivity index (χ4v) is 4.23. The largest absolute Gasteiger partial charge is 0.339 e. The summed E-state index contributed by atoms with van der Waals surface area (Å²) >= 11 is 1.84. The highest BCUT2D eigenvalue weighted by Crippen LogP contribution is 2.29. The second kappa shape index (κ2) is 6.74. The van der Waals surface area contributed by atoms with Crippen LogP contribution in [0.4, 0.5) is 0 Å². The first-order valence-electron chi connectivity index (χ1n) is 8.22. The second-order valence-electron chi connectivity index (χ2n) is 6.18. The molecule has 3 heterocycles. The van der Waals surface area contributed by atoms with Gasteiger partial charge in [0.1, 0.15) is 0 Å². The Balaban J connectivity index is 1.46. The molecule has 3 saturated heterocycles. The Bertz CT molecular complexity index is 620. The van der Waals surface area contributed by atoms with Gasteiger partial charge in [0.25, 0.3) is 11.8 Å². The molecule has 0 unspecified atom stereocenters. The SMILES string of the molecule is O=C([C@H]1O[C@H]2CN(Cc3ccccc3)C(=O)[C@@H]1O2)N1CCSCC1. The van der Waals surface area contributed by atoms with Crippen molar-refractivity contribution in [1.82, 2.24) is 9.80 Å². The van der Waals surface area contributed by atoms with E-state index >= 15 is 0 Å². The lowest BCUT2D eigenvalue weighted by Gasteiger charge is -2.31. The van der Waals surface area contributed by atoms with Gasteiger partial charge in [-0.3, -0.25) is 9.59 Å². The van der Waals surface area contributed by atoms with Gasteiger partial charge in [-0.25, -0.2) is 0 Å². The molecule has 7 heteroatoms. The number of benzene rings is 1. The van der Waals surface area contributed by atoms with Gasteiger partial charge in [-0.1, -0.05) is 30.3 Å². The van der Waals surface area contributed by atoms with Crippen molar-refractivity contribution < 1.29 is 19.1 Å². The molecule has 0 radical (unpaired) electrons. The van der Waals surface area contributed by atoms with Crippen LogP contribution in [0.3, 0.4) is 0 Å². The molecule has 0 spiro atoms. The van der Waals surface area contributed by atoms with Crippen LogP contribution < -0.4 is 0 Å². The molecule has 2 amide bonds. The van der Waals surface area contributed by atoms with Gasteiger partial charge in [-0.2, -0.15) is 11.8 Å². The van der Waals surface area contributed by atoms with E-state index in [0.717, 1.165) is 17.1 Å². The van der Waals surface area contributed by atoms with E-state index < -0.39 is 18.5 Å². The third-order valence-corrected chi connectivity index (χ3v) is 5.52. The molecule has 128 valence electrons. The number of amides is 2. The lowest BCUT2D eigenvalue weighted by Crippen LogP contribution is -2.52. The van der Waals surface area contributed by atoms with Gasteiger partial charge in [0.15, 0.2) is 18.5 Å². The van der Waals surface area contributed by atoms with Crippen molar-refractivity contribution in [2.24, 2.45) is 0 Å². The highest BCUT2D eigenvalue weighted by Gasteiger charge is 2.52. The van der Waals surface area contributed by atoms with Crippen LogP contribution in [0.5, 0.6) is 0 Å². The van der Waals surface area contributed by atoms with Crippen LogP contribution in [-0.4, -0.2) is 71.3 Å². The molecule has 6 nitrogen and oxygen atoms in total. The molecule has 3 atom stereocenters. The number of nitrogens with zero attached hydrogens (tertiary/aromatic N) is 2. The molecule has 0 saturated carbocycles. The standard InChI is InChI=1S/C17H20N2O4S/c20-16(18-6-8-24-9-7-18)14-15-17(21)19(11-13(22-14)23-15)10-12-4-2-1-3-5-12/h1-5,13-15H,6-11H2/t13-,14+,15-/m1/s1. The van der Waals surface area contributed by atoms with Crippen molar-refractivity contribution in [3.8, 4) is 0 Å². The summed E-state index contributed by atoms with van der Waals surface area (Å²) in [5.41, 5.74) is 1.06. The Morgan fingerprint density at radius 1 is 1.17 bits per heavy atom. The van der Waals surface area contributed by atoms with Gasteiger partial charge in [-0.15, -0.1) is 0 Å². The van der Waals surface area contributed by atoms with Gasteiger partial charge < -0.3 is 19.3 Å². The number of fused-ring (bicyclic) bond motifs is 2. The highest BCUT2D eigenvalue weighted by molar-refractivity contribution is 7.99.